The SMILES string of the molecule is C[C@@H]1CN(S(C)(=O)=O)CC[C@H]1NCc1cccc(F)c1F. The Kier molecular flexibility index (Phi) is 4.95. The summed E-state index contributed by atoms with van der Waals surface area (Å²) >= 11 is 0. The highest BCUT2D eigenvalue weighted by atomic mass is 32.2. The second-order valence-corrected chi connectivity index (χ2v) is 7.57. The van der Waals surface area contributed by atoms with Crippen molar-refractivity contribution in [3.05, 3.63) is 35.4 Å². The van der Waals surface area contributed by atoms with Gasteiger partial charge in [0, 0.05) is 31.2 Å². The molecular formula is C14H20F2N2O2S. The number of sulfonamides is 1. The van der Waals surface area contributed by atoms with Crippen molar-refractivity contribution in [2.45, 2.75) is 25.9 Å². The van der Waals surface area contributed by atoms with Gasteiger partial charge < -0.3 is 5.32 Å². The molecule has 1 aliphatic rings. The van der Waals surface area contributed by atoms with E-state index >= 15 is 0 Å². The summed E-state index contributed by atoms with van der Waals surface area (Å²) in [5.41, 5.74) is 0.285. The zero-order valence-corrected chi connectivity index (χ0v) is 13.0. The number of piperidine rings is 1. The molecule has 1 saturated heterocycles. The molecule has 0 amide bonds. The Hall–Kier alpha value is -1.05. The standard InChI is InChI=1S/C14H20F2N2O2S/c1-10-9-18(21(2,19)20)7-6-13(10)17-8-11-4-3-5-12(15)14(11)16/h3-5,10,13,17H,6-9H2,1-2H3/t10-,13-/m1/s1. The van der Waals surface area contributed by atoms with Crippen LogP contribution in [0.4, 0.5) is 8.78 Å². The highest BCUT2D eigenvalue weighted by molar-refractivity contribution is 7.88. The van der Waals surface area contributed by atoms with Crippen LogP contribution in [0.15, 0.2) is 18.2 Å². The van der Waals surface area contributed by atoms with Gasteiger partial charge in [-0.3, -0.25) is 0 Å². The molecule has 0 saturated carbocycles. The van der Waals surface area contributed by atoms with Crippen molar-refractivity contribution < 1.29 is 17.2 Å². The fraction of sp³-hybridized carbons (Fsp3) is 0.571. The Labute approximate surface area is 124 Å². The van der Waals surface area contributed by atoms with Crippen molar-refractivity contribution in [3.8, 4) is 0 Å². The number of halogens is 2. The minimum Gasteiger partial charge on any atom is -0.309 e. The van der Waals surface area contributed by atoms with Crippen LogP contribution in [0.25, 0.3) is 0 Å². The zero-order chi connectivity index (χ0) is 15.6. The summed E-state index contributed by atoms with van der Waals surface area (Å²) in [7, 11) is -3.17. The summed E-state index contributed by atoms with van der Waals surface area (Å²) < 4.78 is 51.2. The predicted molar refractivity (Wildman–Crippen MR) is 77.2 cm³/mol. The van der Waals surface area contributed by atoms with Gasteiger partial charge in [-0.25, -0.2) is 21.5 Å². The molecule has 1 aliphatic heterocycles. The summed E-state index contributed by atoms with van der Waals surface area (Å²) in [4.78, 5) is 0. The first kappa shape index (κ1) is 16.3. The number of benzene rings is 1. The van der Waals surface area contributed by atoms with Crippen LogP contribution >= 0.6 is 0 Å². The van der Waals surface area contributed by atoms with Crippen molar-refractivity contribution in [1.82, 2.24) is 9.62 Å². The molecule has 2 rings (SSSR count). The molecule has 0 spiro atoms. The van der Waals surface area contributed by atoms with Gasteiger partial charge in [0.1, 0.15) is 0 Å². The first-order valence-corrected chi connectivity index (χ1v) is 8.75. The molecule has 7 heteroatoms. The van der Waals surface area contributed by atoms with Crippen LogP contribution in [0.2, 0.25) is 0 Å². The van der Waals surface area contributed by atoms with Gasteiger partial charge >= 0.3 is 0 Å². The van der Waals surface area contributed by atoms with E-state index in [1.165, 1.54) is 16.6 Å². The quantitative estimate of drug-likeness (QED) is 0.920. The van der Waals surface area contributed by atoms with Gasteiger partial charge in [0.05, 0.1) is 6.26 Å². The molecule has 118 valence electrons. The van der Waals surface area contributed by atoms with Gasteiger partial charge in [0.2, 0.25) is 10.0 Å². The summed E-state index contributed by atoms with van der Waals surface area (Å²) in [6.07, 6.45) is 1.86. The fourth-order valence-corrected chi connectivity index (χ4v) is 3.58. The van der Waals surface area contributed by atoms with Crippen molar-refractivity contribution >= 4 is 10.0 Å². The van der Waals surface area contributed by atoms with Gasteiger partial charge in [-0.1, -0.05) is 19.1 Å². The van der Waals surface area contributed by atoms with Crippen molar-refractivity contribution in [2.24, 2.45) is 5.92 Å². The number of nitrogens with zero attached hydrogens (tertiary/aromatic N) is 1. The van der Waals surface area contributed by atoms with E-state index in [1.54, 1.807) is 6.07 Å². The third kappa shape index (κ3) is 3.99. The van der Waals surface area contributed by atoms with Crippen LogP contribution < -0.4 is 5.32 Å². The number of nitrogens with one attached hydrogen (secondary N) is 1. The van der Waals surface area contributed by atoms with E-state index in [0.717, 1.165) is 6.07 Å². The normalized spacial score (nSPS) is 24.2. The molecule has 0 bridgehead atoms. The van der Waals surface area contributed by atoms with E-state index < -0.39 is 21.7 Å². The highest BCUT2D eigenvalue weighted by Gasteiger charge is 2.30. The van der Waals surface area contributed by atoms with E-state index in [-0.39, 0.29) is 24.1 Å². The smallest absolute Gasteiger partial charge is 0.211 e. The van der Waals surface area contributed by atoms with Crippen molar-refractivity contribution in [2.75, 3.05) is 19.3 Å². The molecule has 4 nitrogen and oxygen atoms in total. The van der Waals surface area contributed by atoms with Gasteiger partial charge in [-0.2, -0.15) is 0 Å². The molecule has 1 N–H and O–H groups in total. The first-order valence-electron chi connectivity index (χ1n) is 6.90. The van der Waals surface area contributed by atoms with Gasteiger partial charge in [-0.15, -0.1) is 0 Å². The molecular weight excluding hydrogens is 298 g/mol. The van der Waals surface area contributed by atoms with E-state index in [4.69, 9.17) is 0 Å². The molecule has 2 atom stereocenters. The molecule has 0 aromatic heterocycles. The third-order valence-corrected chi connectivity index (χ3v) is 5.19. The zero-order valence-electron chi connectivity index (χ0n) is 12.1. The number of rotatable bonds is 4. The fourth-order valence-electron chi connectivity index (χ4n) is 2.64. The molecule has 0 radical (unpaired) electrons. The minimum absolute atomic E-state index is 0.0886. The Morgan fingerprint density at radius 3 is 2.71 bits per heavy atom. The molecule has 1 fully saturated rings. The summed E-state index contributed by atoms with van der Waals surface area (Å²) in [6.45, 7) is 3.09. The van der Waals surface area contributed by atoms with E-state index in [1.807, 2.05) is 6.92 Å². The third-order valence-electron chi connectivity index (χ3n) is 3.92. The average molecular weight is 318 g/mol. The maximum absolute atomic E-state index is 13.6. The van der Waals surface area contributed by atoms with Crippen LogP contribution in [0.5, 0.6) is 0 Å². The second kappa shape index (κ2) is 6.37. The largest absolute Gasteiger partial charge is 0.309 e. The van der Waals surface area contributed by atoms with Crippen LogP contribution in [0.1, 0.15) is 18.9 Å². The lowest BCUT2D eigenvalue weighted by Crippen LogP contribution is -2.49. The monoisotopic (exact) mass is 318 g/mol. The Bertz CT molecular complexity index is 607. The first-order chi connectivity index (χ1) is 9.79. The summed E-state index contributed by atoms with van der Waals surface area (Å²) in [5.74, 6) is -1.56. The lowest BCUT2D eigenvalue weighted by molar-refractivity contribution is 0.219. The summed E-state index contributed by atoms with van der Waals surface area (Å²) in [5, 5.41) is 3.20. The van der Waals surface area contributed by atoms with Crippen molar-refractivity contribution in [1.29, 1.82) is 0 Å². The topological polar surface area (TPSA) is 49.4 Å². The van der Waals surface area contributed by atoms with Crippen LogP contribution in [0.3, 0.4) is 0 Å². The second-order valence-electron chi connectivity index (χ2n) is 5.59. The Morgan fingerprint density at radius 1 is 1.38 bits per heavy atom. The lowest BCUT2D eigenvalue weighted by atomic mass is 9.95. The Morgan fingerprint density at radius 2 is 2.10 bits per heavy atom. The Balaban J connectivity index is 1.95. The molecule has 0 aliphatic carbocycles. The van der Waals surface area contributed by atoms with Crippen LogP contribution in [-0.2, 0) is 16.6 Å². The molecule has 1 aromatic rings. The van der Waals surface area contributed by atoms with E-state index in [0.29, 0.717) is 19.5 Å². The molecule has 21 heavy (non-hydrogen) atoms. The van der Waals surface area contributed by atoms with E-state index in [9.17, 15) is 17.2 Å². The van der Waals surface area contributed by atoms with Crippen LogP contribution in [0, 0.1) is 17.6 Å². The number of hydrogen-bond acceptors (Lipinski definition) is 3. The van der Waals surface area contributed by atoms with Crippen molar-refractivity contribution in [3.63, 3.8) is 0 Å². The molecule has 1 aromatic carbocycles. The van der Waals surface area contributed by atoms with Gasteiger partial charge in [0.15, 0.2) is 11.6 Å². The maximum atomic E-state index is 13.6. The van der Waals surface area contributed by atoms with Gasteiger partial charge in [0.25, 0.3) is 0 Å². The molecule has 0 unspecified atom stereocenters. The molecule has 1 heterocycles. The number of hydrogen-bond donors (Lipinski definition) is 1. The van der Waals surface area contributed by atoms with Gasteiger partial charge in [-0.05, 0) is 18.4 Å². The van der Waals surface area contributed by atoms with Crippen LogP contribution in [-0.4, -0.2) is 38.1 Å². The maximum Gasteiger partial charge on any atom is 0.211 e. The average Bonchev–Trinajstić information content (AvgIpc) is 2.40. The summed E-state index contributed by atoms with van der Waals surface area (Å²) in [6, 6.07) is 4.20. The highest BCUT2D eigenvalue weighted by Crippen LogP contribution is 2.20. The minimum atomic E-state index is -3.17. The van der Waals surface area contributed by atoms with E-state index in [2.05, 4.69) is 5.32 Å². The lowest BCUT2D eigenvalue weighted by Gasteiger charge is -2.36. The predicted octanol–water partition coefficient (Wildman–Crippen LogP) is 1.72.